The quantitative estimate of drug-likeness (QED) is 0.415. The van der Waals surface area contributed by atoms with Crippen LogP contribution in [-0.2, 0) is 20.7 Å². The van der Waals surface area contributed by atoms with Gasteiger partial charge < -0.3 is 4.74 Å². The lowest BCUT2D eigenvalue weighted by Crippen LogP contribution is -2.45. The molecule has 1 aromatic carbocycles. The Labute approximate surface area is 171 Å². The van der Waals surface area contributed by atoms with Crippen LogP contribution in [0.1, 0.15) is 23.0 Å². The Balaban J connectivity index is 1.82. The summed E-state index contributed by atoms with van der Waals surface area (Å²) >= 11 is 1.29. The van der Waals surface area contributed by atoms with Crippen molar-refractivity contribution < 1.29 is 23.5 Å². The molecule has 0 bridgehead atoms. The Morgan fingerprint density at radius 2 is 1.86 bits per heavy atom. The molecule has 152 valence electrons. The first kappa shape index (κ1) is 20.7. The van der Waals surface area contributed by atoms with Crippen molar-refractivity contribution in [3.63, 3.8) is 0 Å². The molecule has 1 saturated heterocycles. The molecule has 0 aliphatic carbocycles. The zero-order chi connectivity index (χ0) is 21.0. The summed E-state index contributed by atoms with van der Waals surface area (Å²) in [5, 5.41) is 2.90. The van der Waals surface area contributed by atoms with Crippen LogP contribution in [0.4, 0.5) is 4.39 Å². The van der Waals surface area contributed by atoms with Crippen LogP contribution in [0.15, 0.2) is 41.7 Å². The molecule has 1 aromatic heterocycles. The van der Waals surface area contributed by atoms with E-state index < -0.39 is 23.8 Å². The van der Waals surface area contributed by atoms with Gasteiger partial charge in [-0.05, 0) is 30.0 Å². The molecule has 0 spiro atoms. The van der Waals surface area contributed by atoms with Crippen LogP contribution in [0.25, 0.3) is 0 Å². The van der Waals surface area contributed by atoms with Crippen molar-refractivity contribution in [3.05, 3.63) is 53.6 Å². The molecule has 10 heteroatoms. The van der Waals surface area contributed by atoms with Crippen molar-refractivity contribution in [2.75, 3.05) is 19.3 Å². The largest absolute Gasteiger partial charge is 0.459 e. The van der Waals surface area contributed by atoms with Gasteiger partial charge in [0.05, 0.1) is 19.5 Å². The SMILES string of the molecule is CSc1nccc(C(=O)N2CC(OC(C)=O)CN2C(=O)Cc2ccc(F)cc2)n1. The van der Waals surface area contributed by atoms with Gasteiger partial charge in [-0.2, -0.15) is 0 Å². The average Bonchev–Trinajstić information content (AvgIpc) is 3.12. The number of carbonyl (C=O) groups excluding carboxylic acids is 3. The van der Waals surface area contributed by atoms with Crippen LogP contribution in [0.2, 0.25) is 0 Å². The molecule has 2 heterocycles. The third-order valence-electron chi connectivity index (χ3n) is 4.20. The van der Waals surface area contributed by atoms with Gasteiger partial charge in [-0.1, -0.05) is 23.9 Å². The Kier molecular flexibility index (Phi) is 6.42. The fourth-order valence-electron chi connectivity index (χ4n) is 2.94. The number of esters is 1. The van der Waals surface area contributed by atoms with E-state index in [4.69, 9.17) is 4.74 Å². The molecule has 0 radical (unpaired) electrons. The van der Waals surface area contributed by atoms with Crippen molar-refractivity contribution in [2.45, 2.75) is 24.6 Å². The fraction of sp³-hybridized carbons (Fsp3) is 0.316. The Bertz CT molecular complexity index is 925. The number of hydrogen-bond acceptors (Lipinski definition) is 7. The van der Waals surface area contributed by atoms with Gasteiger partial charge in [-0.25, -0.2) is 24.4 Å². The van der Waals surface area contributed by atoms with Crippen LogP contribution in [0, 0.1) is 5.82 Å². The highest BCUT2D eigenvalue weighted by Gasteiger charge is 2.39. The maximum Gasteiger partial charge on any atom is 0.303 e. The smallest absolute Gasteiger partial charge is 0.303 e. The van der Waals surface area contributed by atoms with E-state index in [1.54, 1.807) is 6.26 Å². The van der Waals surface area contributed by atoms with Crippen molar-refractivity contribution >= 4 is 29.5 Å². The molecular formula is C19H19FN4O4S. The molecule has 1 fully saturated rings. The van der Waals surface area contributed by atoms with Crippen LogP contribution in [-0.4, -0.2) is 63.2 Å². The lowest BCUT2D eigenvalue weighted by atomic mass is 10.1. The molecule has 1 aliphatic heterocycles. The normalized spacial score (nSPS) is 16.0. The second-order valence-electron chi connectivity index (χ2n) is 6.33. The lowest BCUT2D eigenvalue weighted by molar-refractivity contribution is -0.146. The minimum Gasteiger partial charge on any atom is -0.459 e. The highest BCUT2D eigenvalue weighted by Crippen LogP contribution is 2.20. The van der Waals surface area contributed by atoms with E-state index in [9.17, 15) is 18.8 Å². The Morgan fingerprint density at radius 1 is 1.17 bits per heavy atom. The zero-order valence-corrected chi connectivity index (χ0v) is 16.7. The number of benzene rings is 1. The summed E-state index contributed by atoms with van der Waals surface area (Å²) in [6, 6.07) is 7.01. The van der Waals surface area contributed by atoms with Crippen LogP contribution in [0.3, 0.4) is 0 Å². The number of hydrazine groups is 1. The van der Waals surface area contributed by atoms with Gasteiger partial charge in [-0.3, -0.25) is 14.4 Å². The summed E-state index contributed by atoms with van der Waals surface area (Å²) in [6.45, 7) is 1.35. The predicted molar refractivity (Wildman–Crippen MR) is 102 cm³/mol. The molecule has 8 nitrogen and oxygen atoms in total. The minimum atomic E-state index is -0.643. The standard InChI is InChI=1S/C19H19FN4O4S/c1-12(25)28-15-10-23(17(26)9-13-3-5-14(20)6-4-13)24(11-15)18(27)16-7-8-21-19(22-16)29-2/h3-8,15H,9-11H2,1-2H3. The van der Waals surface area contributed by atoms with Gasteiger partial charge >= 0.3 is 5.97 Å². The highest BCUT2D eigenvalue weighted by molar-refractivity contribution is 7.98. The molecule has 1 aliphatic rings. The third-order valence-corrected chi connectivity index (χ3v) is 4.77. The number of rotatable bonds is 5. The molecule has 1 unspecified atom stereocenters. The number of aromatic nitrogens is 2. The summed E-state index contributed by atoms with van der Waals surface area (Å²) in [7, 11) is 0. The number of thioether (sulfide) groups is 1. The highest BCUT2D eigenvalue weighted by atomic mass is 32.2. The van der Waals surface area contributed by atoms with E-state index >= 15 is 0 Å². The molecule has 0 N–H and O–H groups in total. The van der Waals surface area contributed by atoms with Crippen molar-refractivity contribution in [3.8, 4) is 0 Å². The minimum absolute atomic E-state index is 0.0311. The second-order valence-corrected chi connectivity index (χ2v) is 7.10. The van der Waals surface area contributed by atoms with Gasteiger partial charge in [0.1, 0.15) is 17.6 Å². The lowest BCUT2D eigenvalue weighted by Gasteiger charge is -2.27. The number of nitrogens with zero attached hydrogens (tertiary/aromatic N) is 4. The summed E-state index contributed by atoms with van der Waals surface area (Å²) in [6.07, 6.45) is 2.58. The van der Waals surface area contributed by atoms with Gasteiger partial charge in [0.25, 0.3) is 5.91 Å². The second kappa shape index (κ2) is 8.99. The predicted octanol–water partition coefficient (Wildman–Crippen LogP) is 1.71. The first-order valence-corrected chi connectivity index (χ1v) is 10.0. The third kappa shape index (κ3) is 5.08. The number of carbonyl (C=O) groups is 3. The molecule has 29 heavy (non-hydrogen) atoms. The summed E-state index contributed by atoms with van der Waals surface area (Å²) in [4.78, 5) is 45.4. The van der Waals surface area contributed by atoms with E-state index in [0.29, 0.717) is 10.7 Å². The van der Waals surface area contributed by atoms with E-state index in [1.165, 1.54) is 65.2 Å². The molecular weight excluding hydrogens is 399 g/mol. The Hall–Kier alpha value is -3.01. The van der Waals surface area contributed by atoms with E-state index in [2.05, 4.69) is 9.97 Å². The topological polar surface area (TPSA) is 92.7 Å². The first-order valence-electron chi connectivity index (χ1n) is 8.78. The Morgan fingerprint density at radius 3 is 2.52 bits per heavy atom. The average molecular weight is 418 g/mol. The monoisotopic (exact) mass is 418 g/mol. The summed E-state index contributed by atoms with van der Waals surface area (Å²) in [5.74, 6) is -1.77. The molecule has 1 atom stereocenters. The van der Waals surface area contributed by atoms with Crippen LogP contribution in [0.5, 0.6) is 0 Å². The summed E-state index contributed by atoms with van der Waals surface area (Å²) in [5.41, 5.74) is 0.735. The van der Waals surface area contributed by atoms with Gasteiger partial charge in [0, 0.05) is 13.1 Å². The van der Waals surface area contributed by atoms with E-state index in [-0.39, 0.29) is 31.1 Å². The van der Waals surface area contributed by atoms with Gasteiger partial charge in [0.2, 0.25) is 5.91 Å². The molecule has 0 saturated carbocycles. The van der Waals surface area contributed by atoms with Crippen molar-refractivity contribution in [1.82, 2.24) is 20.0 Å². The molecule has 2 amide bonds. The first-order chi connectivity index (χ1) is 13.9. The molecule has 2 aromatic rings. The van der Waals surface area contributed by atoms with Crippen molar-refractivity contribution in [1.29, 1.82) is 0 Å². The maximum atomic E-state index is 13.1. The van der Waals surface area contributed by atoms with Crippen molar-refractivity contribution in [2.24, 2.45) is 0 Å². The van der Waals surface area contributed by atoms with Gasteiger partial charge in [0.15, 0.2) is 5.16 Å². The number of hydrogen-bond donors (Lipinski definition) is 0. The van der Waals surface area contributed by atoms with Gasteiger partial charge in [-0.15, -0.1) is 0 Å². The maximum absolute atomic E-state index is 13.1. The fourth-order valence-corrected chi connectivity index (χ4v) is 3.29. The number of halogens is 1. The van der Waals surface area contributed by atoms with Crippen LogP contribution >= 0.6 is 11.8 Å². The molecule has 3 rings (SSSR count). The summed E-state index contributed by atoms with van der Waals surface area (Å²) < 4.78 is 18.3. The zero-order valence-electron chi connectivity index (χ0n) is 15.9. The number of ether oxygens (including phenoxy) is 1. The van der Waals surface area contributed by atoms with E-state index in [1.807, 2.05) is 0 Å². The number of amides is 2. The van der Waals surface area contributed by atoms with E-state index in [0.717, 1.165) is 0 Å². The van der Waals surface area contributed by atoms with Crippen LogP contribution < -0.4 is 0 Å².